The maximum Gasteiger partial charge on any atom is 0.310 e. The molecule has 3 rings (SSSR count). The minimum Gasteiger partial charge on any atom is -0.466 e. The third-order valence-electron chi connectivity index (χ3n) is 6.47. The molecule has 0 aromatic carbocycles. The molecule has 6 atom stereocenters. The molecule has 3 saturated heterocycles. The Hall–Kier alpha value is -1.28. The smallest absolute Gasteiger partial charge is 0.310 e. The average molecular weight is 413 g/mol. The van der Waals surface area contributed by atoms with Crippen LogP contribution in [0.2, 0.25) is 0 Å². The predicted molar refractivity (Wildman–Crippen MR) is 107 cm³/mol. The molecule has 3 heterocycles. The Kier molecular flexibility index (Phi) is 6.59. The molecule has 2 bridgehead atoms. The highest BCUT2D eigenvalue weighted by Crippen LogP contribution is 2.68. The van der Waals surface area contributed by atoms with E-state index in [9.17, 15) is 19.5 Å². The first-order valence-corrected chi connectivity index (χ1v) is 11.3. The quantitative estimate of drug-likeness (QED) is 0.436. The number of nitrogens with zero attached hydrogens (tertiary/aromatic N) is 1. The van der Waals surface area contributed by atoms with Crippen LogP contribution in [0, 0.1) is 17.8 Å². The number of ether oxygens (including phenoxy) is 1. The fourth-order valence-corrected chi connectivity index (χ4v) is 7.77. The molecular weight excluding hydrogens is 380 g/mol. The maximum absolute atomic E-state index is 13.3. The summed E-state index contributed by atoms with van der Waals surface area (Å²) in [4.78, 5) is 40.7. The molecule has 0 radical (unpaired) electrons. The highest BCUT2D eigenvalue weighted by atomic mass is 32.2. The number of likely N-dealkylation sites (tertiary alicyclic amines) is 1. The number of fused-ring (bicyclic) bond motifs is 1. The molecule has 2 N–H and O–H groups in total. The Bertz CT molecular complexity index is 630. The Morgan fingerprint density at radius 3 is 2.75 bits per heavy atom. The van der Waals surface area contributed by atoms with Crippen LogP contribution < -0.4 is 5.32 Å². The fraction of sp³-hybridized carbons (Fsp3) is 0.850. The van der Waals surface area contributed by atoms with Crippen molar-refractivity contribution in [1.82, 2.24) is 10.2 Å². The van der Waals surface area contributed by atoms with Crippen LogP contribution in [-0.4, -0.2) is 70.1 Å². The van der Waals surface area contributed by atoms with Crippen LogP contribution in [0.5, 0.6) is 0 Å². The van der Waals surface area contributed by atoms with Gasteiger partial charge in [0.25, 0.3) is 0 Å². The normalized spacial score (nSPS) is 35.9. The summed E-state index contributed by atoms with van der Waals surface area (Å²) < 4.78 is 4.65. The van der Waals surface area contributed by atoms with Crippen LogP contribution in [0.1, 0.15) is 46.5 Å². The highest BCUT2D eigenvalue weighted by molar-refractivity contribution is 8.02. The van der Waals surface area contributed by atoms with E-state index in [2.05, 4.69) is 19.2 Å². The van der Waals surface area contributed by atoms with Crippen molar-refractivity contribution in [3.8, 4) is 0 Å². The van der Waals surface area contributed by atoms with E-state index in [1.165, 1.54) is 4.90 Å². The zero-order chi connectivity index (χ0) is 20.5. The Morgan fingerprint density at radius 2 is 2.11 bits per heavy atom. The van der Waals surface area contributed by atoms with E-state index >= 15 is 0 Å². The van der Waals surface area contributed by atoms with Gasteiger partial charge in [-0.15, -0.1) is 11.8 Å². The second-order valence-electron chi connectivity index (χ2n) is 8.06. The standard InChI is InChI=1S/C20H32N2O5S/c1-4-6-7-8-21-17(24)16-20-12(3)11-13(28-20)14(19(26)27-5-2)15(20)18(25)22(16)9-10-23/h12-16,23H,4-11H2,1-3H3,(H,21,24)/t12?,13-,14+,15+,16?,20?/m1/s1. The number of amides is 2. The fourth-order valence-electron chi connectivity index (χ4n) is 5.36. The molecule has 0 aliphatic carbocycles. The van der Waals surface area contributed by atoms with Crippen LogP contribution in [-0.2, 0) is 19.1 Å². The van der Waals surface area contributed by atoms with E-state index in [4.69, 9.17) is 4.74 Å². The summed E-state index contributed by atoms with van der Waals surface area (Å²) >= 11 is 1.63. The van der Waals surface area contributed by atoms with Gasteiger partial charge in [-0.3, -0.25) is 14.4 Å². The monoisotopic (exact) mass is 412 g/mol. The lowest BCUT2D eigenvalue weighted by molar-refractivity contribution is -0.154. The summed E-state index contributed by atoms with van der Waals surface area (Å²) in [6.07, 6.45) is 3.80. The van der Waals surface area contributed by atoms with Gasteiger partial charge in [0.05, 0.1) is 29.8 Å². The number of nitrogens with one attached hydrogen (secondary N) is 1. The molecule has 0 aromatic rings. The molecule has 3 aliphatic rings. The number of thioether (sulfide) groups is 1. The van der Waals surface area contributed by atoms with Gasteiger partial charge in [0.2, 0.25) is 11.8 Å². The highest BCUT2D eigenvalue weighted by Gasteiger charge is 2.76. The van der Waals surface area contributed by atoms with Crippen molar-refractivity contribution in [2.24, 2.45) is 17.8 Å². The van der Waals surface area contributed by atoms with Gasteiger partial charge in [0.15, 0.2) is 0 Å². The van der Waals surface area contributed by atoms with Gasteiger partial charge in [0, 0.05) is 18.3 Å². The molecule has 1 spiro atoms. The molecule has 3 aliphatic heterocycles. The molecule has 3 unspecified atom stereocenters. The van der Waals surface area contributed by atoms with Crippen molar-refractivity contribution in [2.45, 2.75) is 62.5 Å². The molecule has 0 saturated carbocycles. The molecule has 28 heavy (non-hydrogen) atoms. The number of carbonyl (C=O) groups excluding carboxylic acids is 3. The van der Waals surface area contributed by atoms with Crippen molar-refractivity contribution >= 4 is 29.5 Å². The number of carbonyl (C=O) groups is 3. The summed E-state index contributed by atoms with van der Waals surface area (Å²) in [5.41, 5.74) is 0. The van der Waals surface area contributed by atoms with E-state index in [0.717, 1.165) is 25.7 Å². The van der Waals surface area contributed by atoms with Crippen LogP contribution in [0.3, 0.4) is 0 Å². The van der Waals surface area contributed by atoms with Gasteiger partial charge < -0.3 is 20.1 Å². The van der Waals surface area contributed by atoms with Crippen molar-refractivity contribution in [3.63, 3.8) is 0 Å². The van der Waals surface area contributed by atoms with Crippen LogP contribution >= 0.6 is 11.8 Å². The molecule has 0 aromatic heterocycles. The van der Waals surface area contributed by atoms with Gasteiger partial charge in [-0.05, 0) is 25.7 Å². The maximum atomic E-state index is 13.3. The number of esters is 1. The average Bonchev–Trinajstić information content (AvgIpc) is 3.24. The molecule has 7 nitrogen and oxygen atoms in total. The molecule has 8 heteroatoms. The number of aliphatic hydroxyl groups is 1. The third-order valence-corrected chi connectivity index (χ3v) is 8.55. The first-order chi connectivity index (χ1) is 13.4. The minimum absolute atomic E-state index is 0.00895. The van der Waals surface area contributed by atoms with Crippen LogP contribution in [0.25, 0.3) is 0 Å². The van der Waals surface area contributed by atoms with Gasteiger partial charge >= 0.3 is 5.97 Å². The number of aliphatic hydroxyl groups excluding tert-OH is 1. The van der Waals surface area contributed by atoms with E-state index < -0.39 is 22.6 Å². The Balaban J connectivity index is 1.91. The van der Waals surface area contributed by atoms with Crippen molar-refractivity contribution in [3.05, 3.63) is 0 Å². The number of unbranched alkanes of at least 4 members (excludes halogenated alkanes) is 2. The molecule has 3 fully saturated rings. The van der Waals surface area contributed by atoms with Crippen molar-refractivity contribution in [1.29, 1.82) is 0 Å². The van der Waals surface area contributed by atoms with E-state index in [1.807, 2.05) is 0 Å². The minimum atomic E-state index is -0.650. The molecule has 158 valence electrons. The SMILES string of the molecule is CCCCCNC(=O)C1N(CCO)C(=O)[C@@H]2[C@@H](C(=O)OCC)[C@H]3CC(C)C12S3. The predicted octanol–water partition coefficient (Wildman–Crippen LogP) is 1.19. The summed E-state index contributed by atoms with van der Waals surface area (Å²) in [6, 6.07) is -0.650. The third kappa shape index (κ3) is 3.22. The van der Waals surface area contributed by atoms with Gasteiger partial charge in [-0.1, -0.05) is 26.7 Å². The van der Waals surface area contributed by atoms with Gasteiger partial charge in [-0.25, -0.2) is 0 Å². The Labute approximate surface area is 170 Å². The molecule has 2 amide bonds. The van der Waals surface area contributed by atoms with Crippen LogP contribution in [0.15, 0.2) is 0 Å². The zero-order valence-corrected chi connectivity index (χ0v) is 17.8. The van der Waals surface area contributed by atoms with Crippen molar-refractivity contribution < 1.29 is 24.2 Å². The second kappa shape index (κ2) is 8.61. The lowest BCUT2D eigenvalue weighted by atomic mass is 9.66. The molecular formula is C20H32N2O5S. The Morgan fingerprint density at radius 1 is 1.36 bits per heavy atom. The number of rotatable bonds is 9. The zero-order valence-electron chi connectivity index (χ0n) is 17.0. The van der Waals surface area contributed by atoms with Crippen LogP contribution in [0.4, 0.5) is 0 Å². The summed E-state index contributed by atoms with van der Waals surface area (Å²) in [6.45, 7) is 6.70. The number of hydrogen-bond donors (Lipinski definition) is 2. The number of hydrogen-bond acceptors (Lipinski definition) is 6. The topological polar surface area (TPSA) is 95.9 Å². The van der Waals surface area contributed by atoms with E-state index in [0.29, 0.717) is 6.54 Å². The van der Waals surface area contributed by atoms with E-state index in [-0.39, 0.29) is 48.7 Å². The first kappa shape index (κ1) is 21.4. The first-order valence-electron chi connectivity index (χ1n) is 10.5. The summed E-state index contributed by atoms with van der Waals surface area (Å²) in [7, 11) is 0. The lowest BCUT2D eigenvalue weighted by Crippen LogP contribution is -2.56. The summed E-state index contributed by atoms with van der Waals surface area (Å²) in [5, 5.41) is 12.5. The largest absolute Gasteiger partial charge is 0.466 e. The van der Waals surface area contributed by atoms with Gasteiger partial charge in [0.1, 0.15) is 6.04 Å². The van der Waals surface area contributed by atoms with Gasteiger partial charge in [-0.2, -0.15) is 0 Å². The second-order valence-corrected chi connectivity index (χ2v) is 9.61. The van der Waals surface area contributed by atoms with E-state index in [1.54, 1.807) is 18.7 Å². The lowest BCUT2D eigenvalue weighted by Gasteiger charge is -2.38. The van der Waals surface area contributed by atoms with Crippen molar-refractivity contribution in [2.75, 3.05) is 26.3 Å². The summed E-state index contributed by atoms with van der Waals surface area (Å²) in [5.74, 6) is -1.61. The number of β-amino-alcohol motifs (C(OH)–C–C–N with tert-alkyl or cyclic N) is 1.